The van der Waals surface area contributed by atoms with Crippen LogP contribution in [0.4, 0.5) is 5.69 Å². The highest BCUT2D eigenvalue weighted by molar-refractivity contribution is 5.90. The van der Waals surface area contributed by atoms with Gasteiger partial charge in [-0.25, -0.2) is 0 Å². The van der Waals surface area contributed by atoms with Crippen LogP contribution < -0.4 is 10.6 Å². The minimum atomic E-state index is 0. The van der Waals surface area contributed by atoms with E-state index in [-0.39, 0.29) is 18.3 Å². The van der Waals surface area contributed by atoms with Crippen molar-refractivity contribution < 1.29 is 4.79 Å². The van der Waals surface area contributed by atoms with Gasteiger partial charge in [-0.05, 0) is 62.0 Å². The summed E-state index contributed by atoms with van der Waals surface area (Å²) in [6.45, 7) is 2.17. The zero-order valence-corrected chi connectivity index (χ0v) is 13.9. The Kier molecular flexibility index (Phi) is 6.62. The van der Waals surface area contributed by atoms with E-state index in [1.807, 2.05) is 30.3 Å². The van der Waals surface area contributed by atoms with Gasteiger partial charge in [0.2, 0.25) is 5.91 Å². The Labute approximate surface area is 142 Å². The molecule has 0 atom stereocenters. The van der Waals surface area contributed by atoms with Crippen molar-refractivity contribution in [2.24, 2.45) is 5.92 Å². The number of benzene rings is 1. The Morgan fingerprint density at radius 3 is 2.57 bits per heavy atom. The summed E-state index contributed by atoms with van der Waals surface area (Å²) in [6.07, 6.45) is 5.69. The number of anilines is 1. The van der Waals surface area contributed by atoms with Crippen molar-refractivity contribution in [1.82, 2.24) is 15.5 Å². The van der Waals surface area contributed by atoms with Crippen LogP contribution in [0, 0.1) is 5.92 Å². The summed E-state index contributed by atoms with van der Waals surface area (Å²) in [5.74, 6) is 0.794. The molecule has 2 heterocycles. The number of H-pyrrole nitrogens is 1. The van der Waals surface area contributed by atoms with Gasteiger partial charge in [-0.1, -0.05) is 12.1 Å². The summed E-state index contributed by atoms with van der Waals surface area (Å²) in [6, 6.07) is 9.75. The van der Waals surface area contributed by atoms with Crippen molar-refractivity contribution in [3.8, 4) is 11.3 Å². The molecule has 3 rings (SSSR count). The Bertz CT molecular complexity index is 592. The Morgan fingerprint density at radius 2 is 1.91 bits per heavy atom. The minimum absolute atomic E-state index is 0. The number of piperidine rings is 1. The number of amides is 1. The molecule has 23 heavy (non-hydrogen) atoms. The second kappa shape index (κ2) is 8.70. The average molecular weight is 335 g/mol. The Morgan fingerprint density at radius 1 is 1.17 bits per heavy atom. The van der Waals surface area contributed by atoms with Gasteiger partial charge in [-0.15, -0.1) is 12.4 Å². The van der Waals surface area contributed by atoms with E-state index < -0.39 is 0 Å². The maximum Gasteiger partial charge on any atom is 0.224 e. The second-order valence-corrected chi connectivity index (χ2v) is 5.83. The standard InChI is InChI=1S/C17H22N4O.ClH/c22-17(6-1-13-7-10-18-11-8-13)20-15-4-2-14(3-5-15)16-9-12-19-21-16;/h2-5,9,12-13,18H,1,6-8,10-11H2,(H,19,21)(H,20,22);1H. The van der Waals surface area contributed by atoms with Gasteiger partial charge in [-0.3, -0.25) is 9.89 Å². The van der Waals surface area contributed by atoms with Gasteiger partial charge < -0.3 is 10.6 Å². The van der Waals surface area contributed by atoms with Gasteiger partial charge in [0.15, 0.2) is 0 Å². The molecule has 1 aromatic carbocycles. The lowest BCUT2D eigenvalue weighted by Gasteiger charge is -2.22. The molecular formula is C17H23ClN4O. The van der Waals surface area contributed by atoms with E-state index in [1.165, 1.54) is 12.8 Å². The molecule has 0 aliphatic carbocycles. The third kappa shape index (κ3) is 5.08. The largest absolute Gasteiger partial charge is 0.326 e. The highest BCUT2D eigenvalue weighted by Crippen LogP contribution is 2.20. The fourth-order valence-electron chi connectivity index (χ4n) is 2.88. The number of hydrogen-bond donors (Lipinski definition) is 3. The summed E-state index contributed by atoms with van der Waals surface area (Å²) in [5.41, 5.74) is 2.88. The van der Waals surface area contributed by atoms with Gasteiger partial charge in [-0.2, -0.15) is 5.10 Å². The van der Waals surface area contributed by atoms with Crippen LogP contribution in [0.2, 0.25) is 0 Å². The molecule has 1 aliphatic rings. The molecular weight excluding hydrogens is 312 g/mol. The van der Waals surface area contributed by atoms with Gasteiger partial charge >= 0.3 is 0 Å². The number of nitrogens with zero attached hydrogens (tertiary/aromatic N) is 1. The lowest BCUT2D eigenvalue weighted by molar-refractivity contribution is -0.116. The van der Waals surface area contributed by atoms with Crippen LogP contribution in [0.5, 0.6) is 0 Å². The van der Waals surface area contributed by atoms with Gasteiger partial charge in [0.25, 0.3) is 0 Å². The highest BCUT2D eigenvalue weighted by atomic mass is 35.5. The molecule has 0 radical (unpaired) electrons. The second-order valence-electron chi connectivity index (χ2n) is 5.83. The van der Waals surface area contributed by atoms with E-state index >= 15 is 0 Å². The van der Waals surface area contributed by atoms with Crippen molar-refractivity contribution >= 4 is 24.0 Å². The summed E-state index contributed by atoms with van der Waals surface area (Å²) in [7, 11) is 0. The zero-order chi connectivity index (χ0) is 15.2. The highest BCUT2D eigenvalue weighted by Gasteiger charge is 2.14. The molecule has 1 aliphatic heterocycles. The predicted molar refractivity (Wildman–Crippen MR) is 94.7 cm³/mol. The fourth-order valence-corrected chi connectivity index (χ4v) is 2.88. The third-order valence-corrected chi connectivity index (χ3v) is 4.22. The van der Waals surface area contributed by atoms with E-state index in [1.54, 1.807) is 6.20 Å². The number of hydrogen-bond acceptors (Lipinski definition) is 3. The fraction of sp³-hybridized carbons (Fsp3) is 0.412. The van der Waals surface area contributed by atoms with E-state index in [0.717, 1.165) is 36.5 Å². The van der Waals surface area contributed by atoms with E-state index in [4.69, 9.17) is 0 Å². The lowest BCUT2D eigenvalue weighted by Crippen LogP contribution is -2.28. The number of carbonyl (C=O) groups is 1. The van der Waals surface area contributed by atoms with Crippen molar-refractivity contribution in [1.29, 1.82) is 0 Å². The molecule has 0 spiro atoms. The van der Waals surface area contributed by atoms with Crippen LogP contribution >= 0.6 is 12.4 Å². The van der Waals surface area contributed by atoms with Crippen molar-refractivity contribution in [3.63, 3.8) is 0 Å². The molecule has 1 fully saturated rings. The monoisotopic (exact) mass is 334 g/mol. The van der Waals surface area contributed by atoms with Crippen LogP contribution in [0.3, 0.4) is 0 Å². The van der Waals surface area contributed by atoms with E-state index in [2.05, 4.69) is 20.8 Å². The first kappa shape index (κ1) is 17.5. The topological polar surface area (TPSA) is 69.8 Å². The average Bonchev–Trinajstić information content (AvgIpc) is 3.09. The Hall–Kier alpha value is -1.85. The smallest absolute Gasteiger partial charge is 0.224 e. The first-order valence-electron chi connectivity index (χ1n) is 7.91. The van der Waals surface area contributed by atoms with Crippen LogP contribution in [0.1, 0.15) is 25.7 Å². The SMILES string of the molecule is Cl.O=C(CCC1CCNCC1)Nc1ccc(-c2ccn[nH]2)cc1. The van der Waals surface area contributed by atoms with Crippen molar-refractivity contribution in [3.05, 3.63) is 36.5 Å². The van der Waals surface area contributed by atoms with E-state index in [0.29, 0.717) is 12.3 Å². The molecule has 0 saturated carbocycles. The van der Waals surface area contributed by atoms with Crippen LogP contribution in [-0.2, 0) is 4.79 Å². The number of aromatic amines is 1. The molecule has 1 saturated heterocycles. The molecule has 0 bridgehead atoms. The van der Waals surface area contributed by atoms with Gasteiger partial charge in [0, 0.05) is 18.3 Å². The number of halogens is 1. The number of aromatic nitrogens is 2. The molecule has 124 valence electrons. The third-order valence-electron chi connectivity index (χ3n) is 4.22. The number of nitrogens with one attached hydrogen (secondary N) is 3. The van der Waals surface area contributed by atoms with Crippen molar-refractivity contribution in [2.45, 2.75) is 25.7 Å². The normalized spacial score (nSPS) is 15.0. The van der Waals surface area contributed by atoms with Crippen LogP contribution in [0.25, 0.3) is 11.3 Å². The number of carbonyl (C=O) groups excluding carboxylic acids is 1. The minimum Gasteiger partial charge on any atom is -0.326 e. The van der Waals surface area contributed by atoms with Gasteiger partial charge in [0.1, 0.15) is 0 Å². The predicted octanol–water partition coefficient (Wildman–Crippen LogP) is 3.22. The first-order valence-corrected chi connectivity index (χ1v) is 7.91. The number of rotatable bonds is 5. The summed E-state index contributed by atoms with van der Waals surface area (Å²) >= 11 is 0. The van der Waals surface area contributed by atoms with Crippen LogP contribution in [0.15, 0.2) is 36.5 Å². The molecule has 1 amide bonds. The molecule has 0 unspecified atom stereocenters. The molecule has 1 aromatic heterocycles. The Balaban J connectivity index is 0.00000192. The summed E-state index contributed by atoms with van der Waals surface area (Å²) < 4.78 is 0. The lowest BCUT2D eigenvalue weighted by atomic mass is 9.93. The zero-order valence-electron chi connectivity index (χ0n) is 13.0. The maximum absolute atomic E-state index is 12.0. The van der Waals surface area contributed by atoms with Crippen molar-refractivity contribution in [2.75, 3.05) is 18.4 Å². The summed E-state index contributed by atoms with van der Waals surface area (Å²) in [4.78, 5) is 12.0. The summed E-state index contributed by atoms with van der Waals surface area (Å²) in [5, 5.41) is 13.2. The van der Waals surface area contributed by atoms with E-state index in [9.17, 15) is 4.79 Å². The molecule has 6 heteroatoms. The first-order chi connectivity index (χ1) is 10.8. The molecule has 2 aromatic rings. The van der Waals surface area contributed by atoms with Gasteiger partial charge in [0.05, 0.1) is 5.69 Å². The van der Waals surface area contributed by atoms with Crippen LogP contribution in [-0.4, -0.2) is 29.2 Å². The maximum atomic E-state index is 12.0. The quantitative estimate of drug-likeness (QED) is 0.786. The molecule has 5 nitrogen and oxygen atoms in total. The molecule has 3 N–H and O–H groups in total.